The molecule has 1 aliphatic heterocycles. The highest BCUT2D eigenvalue weighted by Crippen LogP contribution is 2.48. The lowest BCUT2D eigenvalue weighted by Gasteiger charge is -2.27. The standard InChI is InChI=1S/C25H24ClN3O2S/c1-14-6-5-7-16(10-14)23-22(28-15(2)32-23)25(31)29-18(11-17-12-21(17)29)13-27-24(30)19-8-3-4-9-20(19)26/h3-10,17-18,21H,11-13H2,1-2H3,(H,27,30)/t17-,18-,21-/m0/s1. The molecule has 0 spiro atoms. The molecule has 2 aromatic carbocycles. The summed E-state index contributed by atoms with van der Waals surface area (Å²) in [4.78, 5) is 33.8. The van der Waals surface area contributed by atoms with Crippen molar-refractivity contribution in [2.24, 2.45) is 5.92 Å². The fraction of sp³-hybridized carbons (Fsp3) is 0.320. The van der Waals surface area contributed by atoms with Crippen LogP contribution in [-0.2, 0) is 0 Å². The number of amides is 2. The van der Waals surface area contributed by atoms with Gasteiger partial charge in [0.2, 0.25) is 0 Å². The van der Waals surface area contributed by atoms with Crippen molar-refractivity contribution in [1.82, 2.24) is 15.2 Å². The van der Waals surface area contributed by atoms with E-state index >= 15 is 0 Å². The smallest absolute Gasteiger partial charge is 0.274 e. The highest BCUT2D eigenvalue weighted by Gasteiger charge is 2.54. The van der Waals surface area contributed by atoms with Crippen LogP contribution in [0.2, 0.25) is 5.02 Å². The number of aryl methyl sites for hydroxylation is 2. The maximum absolute atomic E-state index is 13.7. The van der Waals surface area contributed by atoms with Crippen molar-refractivity contribution in [2.45, 2.75) is 38.8 Å². The molecule has 5 rings (SSSR count). The molecule has 1 N–H and O–H groups in total. The number of thiazole rings is 1. The van der Waals surface area contributed by atoms with E-state index in [0.717, 1.165) is 33.9 Å². The van der Waals surface area contributed by atoms with Crippen LogP contribution in [0.3, 0.4) is 0 Å². The molecule has 3 atom stereocenters. The number of fused-ring (bicyclic) bond motifs is 1. The van der Waals surface area contributed by atoms with Gasteiger partial charge in [-0.2, -0.15) is 0 Å². The van der Waals surface area contributed by atoms with E-state index < -0.39 is 0 Å². The Morgan fingerprint density at radius 2 is 1.97 bits per heavy atom. The van der Waals surface area contributed by atoms with Gasteiger partial charge in [0, 0.05) is 12.6 Å². The lowest BCUT2D eigenvalue weighted by Crippen LogP contribution is -2.45. The molecule has 1 aliphatic carbocycles. The molecule has 2 heterocycles. The second-order valence-corrected chi connectivity index (χ2v) is 10.2. The fourth-order valence-electron chi connectivity index (χ4n) is 4.68. The van der Waals surface area contributed by atoms with Crippen molar-refractivity contribution < 1.29 is 9.59 Å². The molecule has 0 bridgehead atoms. The number of nitrogens with one attached hydrogen (secondary N) is 1. The van der Waals surface area contributed by atoms with Crippen LogP contribution in [0.1, 0.15) is 44.3 Å². The summed E-state index contributed by atoms with van der Waals surface area (Å²) in [5.41, 5.74) is 3.14. The summed E-state index contributed by atoms with van der Waals surface area (Å²) in [5.74, 6) is 0.268. The Bertz CT molecular complexity index is 1210. The SMILES string of the molecule is Cc1cccc(-c2sc(C)nc2C(=O)N2[C@H](CNC(=O)c3ccccc3Cl)C[C@H]3C[C@@H]32)c1. The van der Waals surface area contributed by atoms with Crippen molar-refractivity contribution >= 4 is 34.8 Å². The number of piperidine rings is 1. The maximum Gasteiger partial charge on any atom is 0.274 e. The monoisotopic (exact) mass is 465 g/mol. The van der Waals surface area contributed by atoms with Crippen LogP contribution in [0.5, 0.6) is 0 Å². The number of carbonyl (C=O) groups is 2. The van der Waals surface area contributed by atoms with Gasteiger partial charge in [0.1, 0.15) is 5.69 Å². The Kier molecular flexibility index (Phi) is 5.51. The molecule has 1 saturated heterocycles. The summed E-state index contributed by atoms with van der Waals surface area (Å²) in [5, 5.41) is 4.28. The predicted molar refractivity (Wildman–Crippen MR) is 127 cm³/mol. The Hall–Kier alpha value is -2.70. The van der Waals surface area contributed by atoms with Gasteiger partial charge in [-0.15, -0.1) is 11.3 Å². The number of halogens is 1. The first-order chi connectivity index (χ1) is 15.4. The summed E-state index contributed by atoms with van der Waals surface area (Å²) in [7, 11) is 0. The van der Waals surface area contributed by atoms with Gasteiger partial charge in [-0.1, -0.05) is 53.6 Å². The first-order valence-corrected chi connectivity index (χ1v) is 12.0. The second-order valence-electron chi connectivity index (χ2n) is 8.64. The molecule has 32 heavy (non-hydrogen) atoms. The molecule has 0 unspecified atom stereocenters. The Morgan fingerprint density at radius 1 is 1.16 bits per heavy atom. The van der Waals surface area contributed by atoms with Crippen LogP contribution >= 0.6 is 22.9 Å². The number of hydrogen-bond acceptors (Lipinski definition) is 4. The molecule has 2 fully saturated rings. The number of hydrogen-bond donors (Lipinski definition) is 1. The van der Waals surface area contributed by atoms with Gasteiger partial charge in [0.05, 0.1) is 26.5 Å². The molecular formula is C25H24ClN3O2S. The third-order valence-electron chi connectivity index (χ3n) is 6.28. The molecule has 1 saturated carbocycles. The number of aromatic nitrogens is 1. The maximum atomic E-state index is 13.7. The van der Waals surface area contributed by atoms with Gasteiger partial charge in [-0.05, 0) is 50.3 Å². The lowest BCUT2D eigenvalue weighted by atomic mass is 10.1. The average molecular weight is 466 g/mol. The highest BCUT2D eigenvalue weighted by atomic mass is 35.5. The number of carbonyl (C=O) groups excluding carboxylic acids is 2. The minimum Gasteiger partial charge on any atom is -0.350 e. The van der Waals surface area contributed by atoms with Crippen LogP contribution in [0.4, 0.5) is 0 Å². The molecule has 5 nitrogen and oxygen atoms in total. The molecule has 1 aromatic heterocycles. The van der Waals surface area contributed by atoms with Gasteiger partial charge < -0.3 is 10.2 Å². The number of benzene rings is 2. The minimum atomic E-state index is -0.214. The molecule has 0 radical (unpaired) electrons. The van der Waals surface area contributed by atoms with Gasteiger partial charge in [0.25, 0.3) is 11.8 Å². The van der Waals surface area contributed by atoms with Gasteiger partial charge in [-0.3, -0.25) is 9.59 Å². The molecule has 7 heteroatoms. The van der Waals surface area contributed by atoms with E-state index in [-0.39, 0.29) is 23.9 Å². The first kappa shape index (κ1) is 21.2. The Labute approximate surface area is 196 Å². The van der Waals surface area contributed by atoms with Crippen LogP contribution in [-0.4, -0.2) is 40.3 Å². The van der Waals surface area contributed by atoms with E-state index in [1.165, 1.54) is 0 Å². The normalized spacial score (nSPS) is 21.3. The quantitative estimate of drug-likeness (QED) is 0.569. The molecule has 3 aromatic rings. The van der Waals surface area contributed by atoms with Crippen LogP contribution in [0, 0.1) is 19.8 Å². The van der Waals surface area contributed by atoms with E-state index in [0.29, 0.717) is 28.7 Å². The van der Waals surface area contributed by atoms with Crippen molar-refractivity contribution in [1.29, 1.82) is 0 Å². The molecule has 164 valence electrons. The summed E-state index contributed by atoms with van der Waals surface area (Å²) in [6.45, 7) is 4.39. The second kappa shape index (κ2) is 8.34. The number of rotatable bonds is 5. The number of nitrogens with zero attached hydrogens (tertiary/aromatic N) is 2. The molecular weight excluding hydrogens is 442 g/mol. The third-order valence-corrected chi connectivity index (χ3v) is 7.63. The van der Waals surface area contributed by atoms with E-state index in [2.05, 4.69) is 16.4 Å². The topological polar surface area (TPSA) is 62.3 Å². The van der Waals surface area contributed by atoms with E-state index in [1.807, 2.05) is 36.9 Å². The van der Waals surface area contributed by atoms with E-state index in [1.54, 1.807) is 35.6 Å². The third kappa shape index (κ3) is 3.93. The number of likely N-dealkylation sites (tertiary alicyclic amines) is 1. The average Bonchev–Trinajstić information content (AvgIpc) is 3.26. The van der Waals surface area contributed by atoms with Crippen LogP contribution in [0.25, 0.3) is 10.4 Å². The predicted octanol–water partition coefficient (Wildman–Crippen LogP) is 5.11. The largest absolute Gasteiger partial charge is 0.350 e. The van der Waals surface area contributed by atoms with Gasteiger partial charge >= 0.3 is 0 Å². The highest BCUT2D eigenvalue weighted by molar-refractivity contribution is 7.15. The van der Waals surface area contributed by atoms with Crippen LogP contribution < -0.4 is 5.32 Å². The fourth-order valence-corrected chi connectivity index (χ4v) is 5.81. The summed E-state index contributed by atoms with van der Waals surface area (Å²) in [6.07, 6.45) is 1.94. The Balaban J connectivity index is 1.37. The molecule has 2 aliphatic rings. The lowest BCUT2D eigenvalue weighted by molar-refractivity contribution is 0.0684. The summed E-state index contributed by atoms with van der Waals surface area (Å²) in [6, 6.07) is 15.4. The van der Waals surface area contributed by atoms with Crippen molar-refractivity contribution in [3.63, 3.8) is 0 Å². The van der Waals surface area contributed by atoms with Gasteiger partial charge in [-0.25, -0.2) is 4.98 Å². The first-order valence-electron chi connectivity index (χ1n) is 10.8. The van der Waals surface area contributed by atoms with Crippen molar-refractivity contribution in [3.8, 4) is 10.4 Å². The van der Waals surface area contributed by atoms with E-state index in [4.69, 9.17) is 11.6 Å². The summed E-state index contributed by atoms with van der Waals surface area (Å²) >= 11 is 7.71. The zero-order valence-electron chi connectivity index (χ0n) is 18.0. The van der Waals surface area contributed by atoms with Crippen molar-refractivity contribution in [3.05, 3.63) is 75.4 Å². The summed E-state index contributed by atoms with van der Waals surface area (Å²) < 4.78 is 0. The Morgan fingerprint density at radius 3 is 2.75 bits per heavy atom. The zero-order valence-corrected chi connectivity index (χ0v) is 19.5. The molecule has 2 amide bonds. The van der Waals surface area contributed by atoms with Crippen molar-refractivity contribution in [2.75, 3.05) is 6.54 Å². The van der Waals surface area contributed by atoms with Gasteiger partial charge in [0.15, 0.2) is 0 Å². The minimum absolute atomic E-state index is 0.0344. The van der Waals surface area contributed by atoms with Crippen LogP contribution in [0.15, 0.2) is 48.5 Å². The zero-order chi connectivity index (χ0) is 22.4. The van der Waals surface area contributed by atoms with E-state index in [9.17, 15) is 9.59 Å².